The van der Waals surface area contributed by atoms with Crippen molar-refractivity contribution in [2.45, 2.75) is 37.7 Å². The summed E-state index contributed by atoms with van der Waals surface area (Å²) in [5.74, 6) is -0.614. The highest BCUT2D eigenvalue weighted by Gasteiger charge is 2.43. The number of anilines is 1. The van der Waals surface area contributed by atoms with Crippen LogP contribution in [0.25, 0.3) is 0 Å². The molecule has 2 unspecified atom stereocenters. The lowest BCUT2D eigenvalue weighted by Crippen LogP contribution is -2.53. The number of nitrogens with zero attached hydrogens (tertiary/aromatic N) is 1. The van der Waals surface area contributed by atoms with Crippen LogP contribution in [0.15, 0.2) is 24.3 Å². The van der Waals surface area contributed by atoms with Crippen LogP contribution >= 0.6 is 0 Å². The smallest absolute Gasteiger partial charge is 0.337 e. The van der Waals surface area contributed by atoms with Crippen molar-refractivity contribution in [2.24, 2.45) is 5.92 Å². The van der Waals surface area contributed by atoms with Gasteiger partial charge in [-0.25, -0.2) is 4.79 Å². The Balaban J connectivity index is 1.85. The third kappa shape index (κ3) is 2.29. The third-order valence-electron chi connectivity index (χ3n) is 4.90. The molecule has 0 aromatic heterocycles. The van der Waals surface area contributed by atoms with Gasteiger partial charge in [0.2, 0.25) is 0 Å². The van der Waals surface area contributed by atoms with Crippen LogP contribution in [0.4, 0.5) is 5.69 Å². The fraction of sp³-hybridized carbons (Fsp3) is 0.562. The number of rotatable bonds is 2. The molecule has 1 aliphatic carbocycles. The molecule has 1 aliphatic heterocycles. The maximum atomic E-state index is 11.3. The average Bonchev–Trinajstić information content (AvgIpc) is 2.46. The molecule has 2 aliphatic rings. The highest BCUT2D eigenvalue weighted by molar-refractivity contribution is 5.94. The van der Waals surface area contributed by atoms with Crippen molar-refractivity contribution in [3.63, 3.8) is 0 Å². The standard InChI is InChI=1S/C16H21NO3/c18-15(19)13-6-1-2-7-14(13)17-10-9-16(20)8-4-3-5-12(16)11-17/h1-2,6-7,12,20H,3-5,8-11H2,(H,18,19). The summed E-state index contributed by atoms with van der Waals surface area (Å²) in [6.45, 7) is 1.50. The van der Waals surface area contributed by atoms with Crippen LogP contribution in [0.5, 0.6) is 0 Å². The summed E-state index contributed by atoms with van der Waals surface area (Å²) in [4.78, 5) is 13.5. The summed E-state index contributed by atoms with van der Waals surface area (Å²) in [7, 11) is 0. The predicted molar refractivity (Wildman–Crippen MR) is 77.1 cm³/mol. The van der Waals surface area contributed by atoms with Gasteiger partial charge in [0.25, 0.3) is 0 Å². The minimum absolute atomic E-state index is 0.270. The number of para-hydroxylation sites is 1. The number of carbonyl (C=O) groups is 1. The van der Waals surface area contributed by atoms with E-state index in [1.165, 1.54) is 6.42 Å². The first kappa shape index (κ1) is 13.4. The lowest BCUT2D eigenvalue weighted by atomic mass is 9.71. The van der Waals surface area contributed by atoms with Crippen LogP contribution < -0.4 is 4.90 Å². The molecule has 0 bridgehead atoms. The summed E-state index contributed by atoms with van der Waals surface area (Å²) in [5.41, 5.74) is 0.619. The van der Waals surface area contributed by atoms with Crippen LogP contribution in [0.2, 0.25) is 0 Å². The van der Waals surface area contributed by atoms with Crippen LogP contribution in [0.1, 0.15) is 42.5 Å². The Kier molecular flexibility index (Phi) is 3.42. The van der Waals surface area contributed by atoms with E-state index in [-0.39, 0.29) is 5.92 Å². The van der Waals surface area contributed by atoms with Gasteiger partial charge in [0.1, 0.15) is 0 Å². The monoisotopic (exact) mass is 275 g/mol. The molecule has 2 atom stereocenters. The molecule has 1 heterocycles. The van der Waals surface area contributed by atoms with Crippen molar-refractivity contribution in [2.75, 3.05) is 18.0 Å². The molecule has 1 saturated heterocycles. The molecule has 1 aromatic carbocycles. The Morgan fingerprint density at radius 1 is 1.25 bits per heavy atom. The molecule has 2 fully saturated rings. The molecule has 0 radical (unpaired) electrons. The van der Waals surface area contributed by atoms with Gasteiger partial charge in [0.15, 0.2) is 0 Å². The third-order valence-corrected chi connectivity index (χ3v) is 4.90. The Morgan fingerprint density at radius 2 is 2.05 bits per heavy atom. The van der Waals surface area contributed by atoms with E-state index < -0.39 is 11.6 Å². The summed E-state index contributed by atoms with van der Waals surface area (Å²) >= 11 is 0. The lowest BCUT2D eigenvalue weighted by molar-refractivity contribution is -0.0612. The second-order valence-corrected chi connectivity index (χ2v) is 6.06. The maximum absolute atomic E-state index is 11.3. The van der Waals surface area contributed by atoms with Crippen molar-refractivity contribution in [3.05, 3.63) is 29.8 Å². The Labute approximate surface area is 119 Å². The number of hydrogen-bond donors (Lipinski definition) is 2. The van der Waals surface area contributed by atoms with Crippen LogP contribution in [-0.2, 0) is 0 Å². The molecule has 2 N–H and O–H groups in total. The van der Waals surface area contributed by atoms with Crippen LogP contribution in [-0.4, -0.2) is 34.9 Å². The second kappa shape index (κ2) is 5.09. The van der Waals surface area contributed by atoms with E-state index in [1.807, 2.05) is 12.1 Å². The Hall–Kier alpha value is -1.55. The van der Waals surface area contributed by atoms with Gasteiger partial charge in [-0.15, -0.1) is 0 Å². The van der Waals surface area contributed by atoms with Gasteiger partial charge in [-0.2, -0.15) is 0 Å². The van der Waals surface area contributed by atoms with E-state index in [0.717, 1.165) is 44.5 Å². The summed E-state index contributed by atoms with van der Waals surface area (Å²) in [5, 5.41) is 20.0. The number of fused-ring (bicyclic) bond motifs is 1. The molecule has 1 saturated carbocycles. The van der Waals surface area contributed by atoms with Crippen molar-refractivity contribution >= 4 is 11.7 Å². The second-order valence-electron chi connectivity index (χ2n) is 6.06. The first-order valence-corrected chi connectivity index (χ1v) is 7.40. The van der Waals surface area contributed by atoms with Gasteiger partial charge in [-0.1, -0.05) is 25.0 Å². The van der Waals surface area contributed by atoms with E-state index in [0.29, 0.717) is 5.56 Å². The van der Waals surface area contributed by atoms with E-state index in [1.54, 1.807) is 12.1 Å². The molecule has 20 heavy (non-hydrogen) atoms. The lowest BCUT2D eigenvalue weighted by Gasteiger charge is -2.48. The zero-order valence-corrected chi connectivity index (χ0v) is 11.6. The summed E-state index contributed by atoms with van der Waals surface area (Å²) < 4.78 is 0. The number of benzene rings is 1. The first-order valence-electron chi connectivity index (χ1n) is 7.40. The topological polar surface area (TPSA) is 60.8 Å². The van der Waals surface area contributed by atoms with Gasteiger partial charge < -0.3 is 15.1 Å². The molecule has 0 spiro atoms. The molecule has 0 amide bonds. The number of carboxylic acids is 1. The van der Waals surface area contributed by atoms with Crippen molar-refractivity contribution < 1.29 is 15.0 Å². The van der Waals surface area contributed by atoms with Gasteiger partial charge in [-0.3, -0.25) is 0 Å². The number of piperidine rings is 1. The first-order chi connectivity index (χ1) is 9.60. The number of aliphatic hydroxyl groups is 1. The summed E-state index contributed by atoms with van der Waals surface area (Å²) in [6.07, 6.45) is 4.96. The molecule has 1 aromatic rings. The summed E-state index contributed by atoms with van der Waals surface area (Å²) in [6, 6.07) is 7.16. The number of aromatic carboxylic acids is 1. The molecule has 108 valence electrons. The van der Waals surface area contributed by atoms with Gasteiger partial charge in [-0.05, 0) is 31.4 Å². The normalized spacial score (nSPS) is 29.9. The molecular formula is C16H21NO3. The van der Waals surface area contributed by atoms with E-state index in [9.17, 15) is 15.0 Å². The fourth-order valence-electron chi connectivity index (χ4n) is 3.72. The van der Waals surface area contributed by atoms with Crippen LogP contribution in [0, 0.1) is 5.92 Å². The van der Waals surface area contributed by atoms with Crippen molar-refractivity contribution in [1.29, 1.82) is 0 Å². The minimum Gasteiger partial charge on any atom is -0.478 e. The van der Waals surface area contributed by atoms with Crippen molar-refractivity contribution in [1.82, 2.24) is 0 Å². The van der Waals surface area contributed by atoms with Gasteiger partial charge >= 0.3 is 5.97 Å². The SMILES string of the molecule is O=C(O)c1ccccc1N1CCC2(O)CCCCC2C1. The largest absolute Gasteiger partial charge is 0.478 e. The zero-order valence-electron chi connectivity index (χ0n) is 11.6. The van der Waals surface area contributed by atoms with Crippen LogP contribution in [0.3, 0.4) is 0 Å². The maximum Gasteiger partial charge on any atom is 0.337 e. The minimum atomic E-state index is -0.884. The average molecular weight is 275 g/mol. The Bertz CT molecular complexity index is 516. The van der Waals surface area contributed by atoms with Gasteiger partial charge in [0, 0.05) is 19.0 Å². The van der Waals surface area contributed by atoms with E-state index >= 15 is 0 Å². The van der Waals surface area contributed by atoms with Gasteiger partial charge in [0.05, 0.1) is 16.9 Å². The van der Waals surface area contributed by atoms with E-state index in [2.05, 4.69) is 4.90 Å². The Morgan fingerprint density at radius 3 is 2.85 bits per heavy atom. The highest BCUT2D eigenvalue weighted by atomic mass is 16.4. The molecule has 3 rings (SSSR count). The quantitative estimate of drug-likeness (QED) is 0.870. The van der Waals surface area contributed by atoms with E-state index in [4.69, 9.17) is 0 Å². The molecule has 4 heteroatoms. The molecular weight excluding hydrogens is 254 g/mol. The predicted octanol–water partition coefficient (Wildman–Crippen LogP) is 2.52. The zero-order chi connectivity index (χ0) is 14.2. The van der Waals surface area contributed by atoms with Crippen molar-refractivity contribution in [3.8, 4) is 0 Å². The fourth-order valence-corrected chi connectivity index (χ4v) is 3.72. The number of hydrogen-bond acceptors (Lipinski definition) is 3. The molecule has 4 nitrogen and oxygen atoms in total. The number of carboxylic acid groups (broad SMARTS) is 1. The highest BCUT2D eigenvalue weighted by Crippen LogP contribution is 2.41.